The molecule has 0 saturated carbocycles. The van der Waals surface area contributed by atoms with Crippen LogP contribution in [0.2, 0.25) is 0 Å². The smallest absolute Gasteiger partial charge is 0.332 e. The topological polar surface area (TPSA) is 61.8 Å². The van der Waals surface area contributed by atoms with Crippen LogP contribution in [0.25, 0.3) is 0 Å². The van der Waals surface area contributed by atoms with Crippen molar-refractivity contribution in [3.63, 3.8) is 0 Å². The summed E-state index contributed by atoms with van der Waals surface area (Å²) in [5.74, 6) is -1.21. The molecule has 0 rings (SSSR count). The summed E-state index contributed by atoms with van der Waals surface area (Å²) < 4.78 is 14.4. The average Bonchev–Trinajstić information content (AvgIpc) is 2.16. The van der Waals surface area contributed by atoms with Crippen molar-refractivity contribution in [1.29, 1.82) is 0 Å². The molecule has 0 aromatic heterocycles. The van der Waals surface area contributed by atoms with Gasteiger partial charge < -0.3 is 14.2 Å². The van der Waals surface area contributed by atoms with Crippen molar-refractivity contribution in [2.75, 3.05) is 0 Å². The van der Waals surface area contributed by atoms with E-state index in [0.29, 0.717) is 0 Å². The largest absolute Gasteiger partial charge is 0.433 e. The van der Waals surface area contributed by atoms with E-state index in [2.05, 4.69) is 22.6 Å². The van der Waals surface area contributed by atoms with Crippen molar-refractivity contribution in [3.05, 3.63) is 25.3 Å². The third-order valence-electron chi connectivity index (χ3n) is 1.28. The minimum atomic E-state index is -0.817. The highest BCUT2D eigenvalue weighted by Gasteiger charge is 2.13. The number of carbonyl (C=O) groups excluding carboxylic acids is 2. The molecule has 0 aliphatic carbocycles. The lowest BCUT2D eigenvalue weighted by molar-refractivity contribution is -0.222. The van der Waals surface area contributed by atoms with E-state index in [1.54, 1.807) is 0 Å². The first-order valence-electron chi connectivity index (χ1n) is 4.31. The van der Waals surface area contributed by atoms with Crippen LogP contribution in [0.1, 0.15) is 13.8 Å². The standard InChI is InChI=1S/C10H14O5/c1-5-9(11)14-7(3)13-8(4)15-10(12)6-2/h5-8H,1-2H2,3-4H3. The van der Waals surface area contributed by atoms with Crippen LogP contribution >= 0.6 is 0 Å². The van der Waals surface area contributed by atoms with Crippen molar-refractivity contribution in [2.45, 2.75) is 26.4 Å². The van der Waals surface area contributed by atoms with Crippen LogP contribution in [0.15, 0.2) is 25.3 Å². The third-order valence-corrected chi connectivity index (χ3v) is 1.28. The molecule has 0 aliphatic rings. The van der Waals surface area contributed by atoms with Crippen LogP contribution in [-0.4, -0.2) is 24.5 Å². The van der Waals surface area contributed by atoms with Gasteiger partial charge in [0.25, 0.3) is 0 Å². The molecule has 0 aromatic rings. The second-order valence-corrected chi connectivity index (χ2v) is 2.55. The van der Waals surface area contributed by atoms with E-state index in [0.717, 1.165) is 12.2 Å². The maximum Gasteiger partial charge on any atom is 0.332 e. The fraction of sp³-hybridized carbons (Fsp3) is 0.400. The van der Waals surface area contributed by atoms with Gasteiger partial charge in [-0.25, -0.2) is 9.59 Å². The summed E-state index contributed by atoms with van der Waals surface area (Å²) in [7, 11) is 0. The SMILES string of the molecule is C=CC(=O)OC(C)OC(C)OC(=O)C=C. The monoisotopic (exact) mass is 214 g/mol. The van der Waals surface area contributed by atoms with Crippen LogP contribution in [0.4, 0.5) is 0 Å². The molecule has 0 aromatic carbocycles. The van der Waals surface area contributed by atoms with Crippen molar-refractivity contribution >= 4 is 11.9 Å². The van der Waals surface area contributed by atoms with Crippen LogP contribution in [0.3, 0.4) is 0 Å². The normalized spacial score (nSPS) is 13.5. The zero-order valence-corrected chi connectivity index (χ0v) is 8.76. The summed E-state index contributed by atoms with van der Waals surface area (Å²) in [6, 6.07) is 0. The molecule has 2 unspecified atom stereocenters. The molecule has 0 radical (unpaired) electrons. The lowest BCUT2D eigenvalue weighted by Gasteiger charge is -2.18. The second kappa shape index (κ2) is 6.78. The fourth-order valence-electron chi connectivity index (χ4n) is 0.749. The summed E-state index contributed by atoms with van der Waals surface area (Å²) in [4.78, 5) is 21.5. The number of hydrogen-bond donors (Lipinski definition) is 0. The van der Waals surface area contributed by atoms with Crippen LogP contribution in [0, 0.1) is 0 Å². The van der Waals surface area contributed by atoms with Gasteiger partial charge in [-0.2, -0.15) is 0 Å². The molecule has 5 nitrogen and oxygen atoms in total. The molecule has 84 valence electrons. The molecule has 0 N–H and O–H groups in total. The minimum Gasteiger partial charge on any atom is -0.433 e. The highest BCUT2D eigenvalue weighted by molar-refractivity contribution is 5.81. The van der Waals surface area contributed by atoms with E-state index in [1.807, 2.05) is 0 Å². The fourth-order valence-corrected chi connectivity index (χ4v) is 0.749. The average molecular weight is 214 g/mol. The summed E-state index contributed by atoms with van der Waals surface area (Å²) in [5.41, 5.74) is 0. The highest BCUT2D eigenvalue weighted by Crippen LogP contribution is 2.02. The van der Waals surface area contributed by atoms with E-state index in [1.165, 1.54) is 13.8 Å². The molecule has 2 atom stereocenters. The Bertz CT molecular complexity index is 233. The predicted molar refractivity (Wildman–Crippen MR) is 52.6 cm³/mol. The third kappa shape index (κ3) is 6.45. The Morgan fingerprint density at radius 2 is 1.33 bits per heavy atom. The molecule has 0 spiro atoms. The van der Waals surface area contributed by atoms with Gasteiger partial charge in [-0.1, -0.05) is 13.2 Å². The number of ether oxygens (including phenoxy) is 3. The highest BCUT2D eigenvalue weighted by atomic mass is 16.8. The van der Waals surface area contributed by atoms with E-state index >= 15 is 0 Å². The number of esters is 2. The Hall–Kier alpha value is -1.62. The molecule has 15 heavy (non-hydrogen) atoms. The van der Waals surface area contributed by atoms with Crippen molar-refractivity contribution < 1.29 is 23.8 Å². The maximum absolute atomic E-state index is 10.7. The molecule has 0 fully saturated rings. The quantitative estimate of drug-likeness (QED) is 0.377. The number of carbonyl (C=O) groups is 2. The second-order valence-electron chi connectivity index (χ2n) is 2.55. The van der Waals surface area contributed by atoms with Gasteiger partial charge in [0.2, 0.25) is 12.6 Å². The lowest BCUT2D eigenvalue weighted by atomic mass is 10.6. The van der Waals surface area contributed by atoms with Gasteiger partial charge >= 0.3 is 11.9 Å². The van der Waals surface area contributed by atoms with Crippen LogP contribution in [-0.2, 0) is 23.8 Å². The van der Waals surface area contributed by atoms with Gasteiger partial charge in [-0.05, 0) is 13.8 Å². The Labute approximate surface area is 88.3 Å². The van der Waals surface area contributed by atoms with Gasteiger partial charge in [0.15, 0.2) is 0 Å². The van der Waals surface area contributed by atoms with Crippen molar-refractivity contribution in [1.82, 2.24) is 0 Å². The van der Waals surface area contributed by atoms with E-state index in [4.69, 9.17) is 4.74 Å². The van der Waals surface area contributed by atoms with E-state index in [-0.39, 0.29) is 0 Å². The Kier molecular flexibility index (Phi) is 6.05. The Morgan fingerprint density at radius 1 is 1.00 bits per heavy atom. The van der Waals surface area contributed by atoms with Crippen molar-refractivity contribution in [3.8, 4) is 0 Å². The predicted octanol–water partition coefficient (Wildman–Crippen LogP) is 1.15. The van der Waals surface area contributed by atoms with Crippen LogP contribution in [0.5, 0.6) is 0 Å². The molecule has 0 aliphatic heterocycles. The Morgan fingerprint density at radius 3 is 1.60 bits per heavy atom. The zero-order chi connectivity index (χ0) is 11.8. The minimum absolute atomic E-state index is 0.607. The molecular formula is C10H14O5. The summed E-state index contributed by atoms with van der Waals surface area (Å²) in [6.07, 6.45) is 0.395. The van der Waals surface area contributed by atoms with E-state index in [9.17, 15) is 9.59 Å². The lowest BCUT2D eigenvalue weighted by Crippen LogP contribution is -2.25. The molecule has 0 saturated heterocycles. The number of rotatable bonds is 6. The molecular weight excluding hydrogens is 200 g/mol. The first kappa shape index (κ1) is 13.4. The number of hydrogen-bond acceptors (Lipinski definition) is 5. The summed E-state index contributed by atoms with van der Waals surface area (Å²) >= 11 is 0. The van der Waals surface area contributed by atoms with Gasteiger partial charge in [0.05, 0.1) is 0 Å². The molecule has 5 heteroatoms. The maximum atomic E-state index is 10.7. The van der Waals surface area contributed by atoms with Gasteiger partial charge in [-0.15, -0.1) is 0 Å². The van der Waals surface area contributed by atoms with Gasteiger partial charge in [0, 0.05) is 12.2 Å². The van der Waals surface area contributed by atoms with Crippen LogP contribution < -0.4 is 0 Å². The summed E-state index contributed by atoms with van der Waals surface area (Å²) in [6.45, 7) is 9.45. The zero-order valence-electron chi connectivity index (χ0n) is 8.76. The first-order chi connectivity index (χ1) is 6.99. The molecule has 0 heterocycles. The van der Waals surface area contributed by atoms with E-state index < -0.39 is 24.5 Å². The molecule has 0 amide bonds. The van der Waals surface area contributed by atoms with Gasteiger partial charge in [0.1, 0.15) is 0 Å². The van der Waals surface area contributed by atoms with Crippen molar-refractivity contribution in [2.24, 2.45) is 0 Å². The first-order valence-corrected chi connectivity index (χ1v) is 4.31. The summed E-state index contributed by atoms with van der Waals surface area (Å²) in [5, 5.41) is 0. The van der Waals surface area contributed by atoms with Gasteiger partial charge in [-0.3, -0.25) is 0 Å². The Balaban J connectivity index is 3.89. The molecule has 0 bridgehead atoms.